The van der Waals surface area contributed by atoms with Crippen LogP contribution in [0.2, 0.25) is 0 Å². The number of allylic oxidation sites excluding steroid dienone is 1. The quantitative estimate of drug-likeness (QED) is 0.347. The van der Waals surface area contributed by atoms with Crippen LogP contribution in [0, 0.1) is 46.3 Å². The predicted molar refractivity (Wildman–Crippen MR) is 147 cm³/mol. The lowest BCUT2D eigenvalue weighted by atomic mass is 9.46. The normalized spacial score (nSPS) is 49.5. The highest BCUT2D eigenvalue weighted by Crippen LogP contribution is 2.71. The van der Waals surface area contributed by atoms with Crippen molar-refractivity contribution in [3.05, 3.63) is 47.5 Å². The van der Waals surface area contributed by atoms with Gasteiger partial charge in [0.25, 0.3) is 0 Å². The second-order valence-electron chi connectivity index (χ2n) is 14.5. The number of carbonyl (C=O) groups is 1. The first-order valence-electron chi connectivity index (χ1n) is 15.5. The summed E-state index contributed by atoms with van der Waals surface area (Å²) in [6, 6.07) is 9.85. The SMILES string of the molecule is CC1CC[C@@]2(OC1)O[C@H]1C[C@H]3[C@@H]4CC=C5CC(O)CC[C@]5(C)[C@H]4CC[C@]3(C)[C@H]1[C@@H]2CC(=O)c1ccccc1. The number of Topliss-reactive ketones (excluding diaryl/α,β-unsaturated/α-hetero) is 1. The number of aliphatic hydroxyl groups is 1. The minimum atomic E-state index is -0.595. The van der Waals surface area contributed by atoms with E-state index in [2.05, 4.69) is 26.8 Å². The molecule has 206 valence electrons. The van der Waals surface area contributed by atoms with Gasteiger partial charge >= 0.3 is 0 Å². The highest BCUT2D eigenvalue weighted by molar-refractivity contribution is 5.96. The van der Waals surface area contributed by atoms with Crippen LogP contribution in [0.4, 0.5) is 0 Å². The summed E-state index contributed by atoms with van der Waals surface area (Å²) in [6.45, 7) is 8.06. The van der Waals surface area contributed by atoms with Crippen LogP contribution < -0.4 is 0 Å². The summed E-state index contributed by atoms with van der Waals surface area (Å²) in [5, 5.41) is 10.4. The molecule has 6 aliphatic rings. The number of hydrogen-bond acceptors (Lipinski definition) is 4. The minimum Gasteiger partial charge on any atom is -0.393 e. The molecular formula is C34H46O4. The van der Waals surface area contributed by atoms with Gasteiger partial charge < -0.3 is 14.6 Å². The van der Waals surface area contributed by atoms with Crippen LogP contribution in [0.3, 0.4) is 0 Å². The van der Waals surface area contributed by atoms with Gasteiger partial charge in [-0.3, -0.25) is 4.79 Å². The molecular weight excluding hydrogens is 472 g/mol. The number of ketones is 1. The number of fused-ring (bicyclic) bond motifs is 7. The molecule has 38 heavy (non-hydrogen) atoms. The van der Waals surface area contributed by atoms with Crippen LogP contribution in [0.15, 0.2) is 42.0 Å². The first-order chi connectivity index (χ1) is 18.2. The zero-order chi connectivity index (χ0) is 26.3. The maximum atomic E-state index is 13.7. The number of aliphatic hydroxyl groups excluding tert-OH is 1. The molecule has 5 fully saturated rings. The molecule has 1 spiro atoms. The lowest BCUT2D eigenvalue weighted by Gasteiger charge is -2.58. The topological polar surface area (TPSA) is 55.8 Å². The van der Waals surface area contributed by atoms with Crippen molar-refractivity contribution >= 4 is 5.78 Å². The third kappa shape index (κ3) is 3.69. The Morgan fingerprint density at radius 1 is 1.05 bits per heavy atom. The first-order valence-corrected chi connectivity index (χ1v) is 15.5. The largest absolute Gasteiger partial charge is 0.393 e. The number of rotatable bonds is 3. The Morgan fingerprint density at radius 3 is 2.63 bits per heavy atom. The zero-order valence-corrected chi connectivity index (χ0v) is 23.5. The second kappa shape index (κ2) is 9.01. The van der Waals surface area contributed by atoms with Gasteiger partial charge in [0, 0.05) is 24.3 Å². The predicted octanol–water partition coefficient (Wildman–Crippen LogP) is 6.97. The van der Waals surface area contributed by atoms with E-state index in [-0.39, 0.29) is 34.7 Å². The maximum absolute atomic E-state index is 13.7. The van der Waals surface area contributed by atoms with E-state index < -0.39 is 5.79 Å². The van der Waals surface area contributed by atoms with Crippen molar-refractivity contribution in [2.75, 3.05) is 6.61 Å². The van der Waals surface area contributed by atoms with Gasteiger partial charge in [-0.05, 0) is 91.8 Å². The van der Waals surface area contributed by atoms with Crippen molar-refractivity contribution < 1.29 is 19.4 Å². The van der Waals surface area contributed by atoms with Crippen LogP contribution in [-0.4, -0.2) is 35.5 Å². The summed E-state index contributed by atoms with van der Waals surface area (Å²) < 4.78 is 13.7. The minimum absolute atomic E-state index is 0.120. The Balaban J connectivity index is 1.21. The Labute approximate surface area is 228 Å². The van der Waals surface area contributed by atoms with Gasteiger partial charge in [0.1, 0.15) is 0 Å². The monoisotopic (exact) mass is 518 g/mol. The fourth-order valence-corrected chi connectivity index (χ4v) is 10.6. The number of hydrogen-bond donors (Lipinski definition) is 1. The van der Waals surface area contributed by atoms with E-state index in [9.17, 15) is 9.90 Å². The average Bonchev–Trinajstić information content (AvgIpc) is 3.37. The molecule has 0 aromatic heterocycles. The zero-order valence-electron chi connectivity index (χ0n) is 23.5. The molecule has 2 aliphatic heterocycles. The van der Waals surface area contributed by atoms with Gasteiger partial charge in [0.2, 0.25) is 0 Å². The Bertz CT molecular complexity index is 1100. The molecule has 1 aromatic rings. The van der Waals surface area contributed by atoms with E-state index in [0.29, 0.717) is 36.0 Å². The van der Waals surface area contributed by atoms with Crippen molar-refractivity contribution in [1.29, 1.82) is 0 Å². The molecule has 4 aliphatic carbocycles. The van der Waals surface area contributed by atoms with Crippen molar-refractivity contribution in [2.45, 2.75) is 103 Å². The van der Waals surface area contributed by atoms with Crippen LogP contribution in [0.25, 0.3) is 0 Å². The molecule has 0 bridgehead atoms. The van der Waals surface area contributed by atoms with Gasteiger partial charge in [-0.2, -0.15) is 0 Å². The summed E-state index contributed by atoms with van der Waals surface area (Å²) in [6.07, 6.45) is 12.8. The molecule has 2 unspecified atom stereocenters. The highest BCUT2D eigenvalue weighted by atomic mass is 16.7. The Morgan fingerprint density at radius 2 is 1.87 bits per heavy atom. The van der Waals surface area contributed by atoms with Gasteiger partial charge in [0.15, 0.2) is 11.6 Å². The number of benzene rings is 1. The van der Waals surface area contributed by atoms with Crippen LogP contribution in [0.5, 0.6) is 0 Å². The lowest BCUT2D eigenvalue weighted by molar-refractivity contribution is -0.274. The molecule has 0 amide bonds. The Hall–Kier alpha value is -1.49. The molecule has 7 rings (SSSR count). The first kappa shape index (κ1) is 25.5. The third-order valence-corrected chi connectivity index (χ3v) is 12.6. The molecule has 3 saturated carbocycles. The van der Waals surface area contributed by atoms with E-state index in [0.717, 1.165) is 57.1 Å². The smallest absolute Gasteiger partial charge is 0.172 e. The molecule has 1 aromatic carbocycles. The molecule has 0 radical (unpaired) electrons. The molecule has 11 atom stereocenters. The molecule has 2 saturated heterocycles. The summed E-state index contributed by atoms with van der Waals surface area (Å²) in [5.74, 6) is 2.70. The van der Waals surface area contributed by atoms with Gasteiger partial charge in [-0.1, -0.05) is 62.8 Å². The standard InChI is InChI=1S/C34H46O4/c1-21-11-16-34(37-20-21)28(18-29(36)22-7-5-4-6-8-22)31-30(38-34)19-27-25-10-9-23-17-24(35)12-14-32(23,2)26(25)13-15-33(27,31)3/h4-9,21,24-28,30-31,35H,10-20H2,1-3H3/t21?,24?,25-,26+,27+,28+,30+,31+,32+,33+,34-/m1/s1. The van der Waals surface area contributed by atoms with E-state index in [1.807, 2.05) is 30.3 Å². The lowest BCUT2D eigenvalue weighted by Crippen LogP contribution is -2.53. The molecule has 1 N–H and O–H groups in total. The fraction of sp³-hybridized carbons (Fsp3) is 0.735. The summed E-state index contributed by atoms with van der Waals surface area (Å²) in [4.78, 5) is 13.7. The van der Waals surface area contributed by atoms with Crippen molar-refractivity contribution in [3.8, 4) is 0 Å². The van der Waals surface area contributed by atoms with Crippen LogP contribution in [-0.2, 0) is 9.47 Å². The Kier molecular flexibility index (Phi) is 6.04. The molecule has 2 heterocycles. The van der Waals surface area contributed by atoms with Crippen LogP contribution >= 0.6 is 0 Å². The van der Waals surface area contributed by atoms with E-state index in [1.165, 1.54) is 18.4 Å². The molecule has 4 nitrogen and oxygen atoms in total. The van der Waals surface area contributed by atoms with Gasteiger partial charge in [0.05, 0.1) is 18.8 Å². The average molecular weight is 519 g/mol. The van der Waals surface area contributed by atoms with Crippen molar-refractivity contribution in [1.82, 2.24) is 0 Å². The summed E-state index contributed by atoms with van der Waals surface area (Å²) in [7, 11) is 0. The van der Waals surface area contributed by atoms with Crippen molar-refractivity contribution in [3.63, 3.8) is 0 Å². The maximum Gasteiger partial charge on any atom is 0.172 e. The van der Waals surface area contributed by atoms with E-state index >= 15 is 0 Å². The molecule has 4 heteroatoms. The van der Waals surface area contributed by atoms with Crippen molar-refractivity contribution in [2.24, 2.45) is 46.3 Å². The summed E-state index contributed by atoms with van der Waals surface area (Å²) >= 11 is 0. The van der Waals surface area contributed by atoms with Gasteiger partial charge in [-0.25, -0.2) is 0 Å². The number of ether oxygens (including phenoxy) is 2. The van der Waals surface area contributed by atoms with Crippen LogP contribution in [0.1, 0.15) is 95.3 Å². The van der Waals surface area contributed by atoms with E-state index in [4.69, 9.17) is 9.47 Å². The fourth-order valence-electron chi connectivity index (χ4n) is 10.6. The van der Waals surface area contributed by atoms with Gasteiger partial charge in [-0.15, -0.1) is 0 Å². The van der Waals surface area contributed by atoms with E-state index in [1.54, 1.807) is 0 Å². The number of carbonyl (C=O) groups excluding carboxylic acids is 1. The second-order valence-corrected chi connectivity index (χ2v) is 14.5. The highest BCUT2D eigenvalue weighted by Gasteiger charge is 2.69. The summed E-state index contributed by atoms with van der Waals surface area (Å²) in [5.41, 5.74) is 2.77. The third-order valence-electron chi connectivity index (χ3n) is 12.6.